The molecule has 1 aliphatic heterocycles. The van der Waals surface area contributed by atoms with E-state index in [1.54, 1.807) is 0 Å². The summed E-state index contributed by atoms with van der Waals surface area (Å²) in [6, 6.07) is 14.1. The number of rotatable bonds is 3. The van der Waals surface area contributed by atoms with Crippen molar-refractivity contribution in [2.45, 2.75) is 26.1 Å². The minimum atomic E-state index is 0.0246. The second kappa shape index (κ2) is 6.46. The van der Waals surface area contributed by atoms with Crippen molar-refractivity contribution in [2.75, 3.05) is 25.0 Å². The Bertz CT molecular complexity index is 661. The molecular formula is C18H22N2O2. The molecule has 116 valence electrons. The molecule has 0 radical (unpaired) electrons. The Hall–Kier alpha value is -1.91. The lowest BCUT2D eigenvalue weighted by atomic mass is 10.1. The van der Waals surface area contributed by atoms with E-state index in [0.717, 1.165) is 24.2 Å². The van der Waals surface area contributed by atoms with E-state index < -0.39 is 0 Å². The lowest BCUT2D eigenvalue weighted by Crippen LogP contribution is -2.48. The molecule has 1 saturated heterocycles. The zero-order valence-corrected chi connectivity index (χ0v) is 13.1. The van der Waals surface area contributed by atoms with Crippen LogP contribution in [0.15, 0.2) is 42.5 Å². The summed E-state index contributed by atoms with van der Waals surface area (Å²) < 4.78 is 5.69. The Morgan fingerprint density at radius 1 is 1.14 bits per heavy atom. The normalized spacial score (nSPS) is 22.6. The van der Waals surface area contributed by atoms with Gasteiger partial charge in [0.25, 0.3) is 0 Å². The lowest BCUT2D eigenvalue weighted by molar-refractivity contribution is -0.121. The number of anilines is 1. The van der Waals surface area contributed by atoms with Crippen molar-refractivity contribution in [1.29, 1.82) is 0 Å². The molecule has 1 amide bonds. The number of hydrogen-bond donors (Lipinski definition) is 1. The highest BCUT2D eigenvalue weighted by Gasteiger charge is 2.23. The highest BCUT2D eigenvalue weighted by Crippen LogP contribution is 2.19. The predicted octanol–water partition coefficient (Wildman–Crippen LogP) is 2.89. The van der Waals surface area contributed by atoms with Crippen LogP contribution in [0.5, 0.6) is 0 Å². The minimum absolute atomic E-state index is 0.0246. The summed E-state index contributed by atoms with van der Waals surface area (Å²) >= 11 is 0. The van der Waals surface area contributed by atoms with Crippen molar-refractivity contribution in [2.24, 2.45) is 0 Å². The van der Waals surface area contributed by atoms with Crippen LogP contribution in [0.25, 0.3) is 10.8 Å². The van der Waals surface area contributed by atoms with Crippen molar-refractivity contribution < 1.29 is 9.53 Å². The average molecular weight is 298 g/mol. The fourth-order valence-electron chi connectivity index (χ4n) is 3.08. The molecule has 0 spiro atoms. The summed E-state index contributed by atoms with van der Waals surface area (Å²) in [7, 11) is 0. The van der Waals surface area contributed by atoms with Gasteiger partial charge in [0.1, 0.15) is 0 Å². The maximum atomic E-state index is 12.2. The number of nitrogens with one attached hydrogen (secondary N) is 1. The quantitative estimate of drug-likeness (QED) is 0.947. The Labute approximate surface area is 131 Å². The van der Waals surface area contributed by atoms with Gasteiger partial charge >= 0.3 is 0 Å². The monoisotopic (exact) mass is 298 g/mol. The molecule has 3 rings (SSSR count). The van der Waals surface area contributed by atoms with E-state index in [0.29, 0.717) is 6.54 Å². The summed E-state index contributed by atoms with van der Waals surface area (Å²) in [5, 5.41) is 5.30. The van der Waals surface area contributed by atoms with Crippen molar-refractivity contribution in [1.82, 2.24) is 4.90 Å². The predicted molar refractivity (Wildman–Crippen MR) is 89.0 cm³/mol. The van der Waals surface area contributed by atoms with Gasteiger partial charge in [0.05, 0.1) is 18.8 Å². The molecule has 1 aliphatic rings. The van der Waals surface area contributed by atoms with Crippen LogP contribution in [-0.2, 0) is 9.53 Å². The van der Waals surface area contributed by atoms with Gasteiger partial charge in [-0.2, -0.15) is 0 Å². The summed E-state index contributed by atoms with van der Waals surface area (Å²) in [5.74, 6) is 0.0246. The third-order valence-corrected chi connectivity index (χ3v) is 3.90. The number of carbonyl (C=O) groups excluding carboxylic acids is 1. The molecule has 0 bridgehead atoms. The van der Waals surface area contributed by atoms with Crippen LogP contribution in [0.4, 0.5) is 5.69 Å². The third-order valence-electron chi connectivity index (χ3n) is 3.90. The zero-order valence-electron chi connectivity index (χ0n) is 13.1. The first-order chi connectivity index (χ1) is 10.6. The zero-order chi connectivity index (χ0) is 15.5. The summed E-state index contributed by atoms with van der Waals surface area (Å²) in [6.45, 7) is 6.10. The molecule has 1 fully saturated rings. The van der Waals surface area contributed by atoms with Crippen LogP contribution in [0, 0.1) is 0 Å². The minimum Gasteiger partial charge on any atom is -0.373 e. The molecule has 0 aliphatic carbocycles. The van der Waals surface area contributed by atoms with Gasteiger partial charge in [0, 0.05) is 18.8 Å². The fraction of sp³-hybridized carbons (Fsp3) is 0.389. The average Bonchev–Trinajstić information content (AvgIpc) is 2.45. The smallest absolute Gasteiger partial charge is 0.238 e. The summed E-state index contributed by atoms with van der Waals surface area (Å²) in [6.07, 6.45) is 0.356. The summed E-state index contributed by atoms with van der Waals surface area (Å²) in [5.41, 5.74) is 0.845. The molecule has 4 heteroatoms. The van der Waals surface area contributed by atoms with Crippen molar-refractivity contribution in [3.63, 3.8) is 0 Å². The first-order valence-electron chi connectivity index (χ1n) is 7.76. The number of fused-ring (bicyclic) bond motifs is 1. The summed E-state index contributed by atoms with van der Waals surface area (Å²) in [4.78, 5) is 14.4. The molecule has 1 heterocycles. The van der Waals surface area contributed by atoms with Gasteiger partial charge in [-0.1, -0.05) is 30.3 Å². The standard InChI is InChI=1S/C18H22N2O2/c1-13-10-20(11-14(2)22-13)12-18(21)19-17-8-7-15-5-3-4-6-16(15)9-17/h3-9,13-14H,10-12H2,1-2H3,(H,19,21)/t13-,14-/m1/s1. The number of hydrogen-bond acceptors (Lipinski definition) is 3. The molecule has 0 unspecified atom stereocenters. The molecule has 2 atom stereocenters. The second-order valence-electron chi connectivity index (χ2n) is 6.06. The molecule has 1 N–H and O–H groups in total. The highest BCUT2D eigenvalue weighted by molar-refractivity contribution is 5.95. The van der Waals surface area contributed by atoms with Gasteiger partial charge in [-0.15, -0.1) is 0 Å². The van der Waals surface area contributed by atoms with Gasteiger partial charge in [-0.25, -0.2) is 0 Å². The number of nitrogens with zero attached hydrogens (tertiary/aromatic N) is 1. The van der Waals surface area contributed by atoms with Crippen LogP contribution in [0.3, 0.4) is 0 Å². The Balaban J connectivity index is 1.63. The van der Waals surface area contributed by atoms with Gasteiger partial charge in [0.15, 0.2) is 0 Å². The highest BCUT2D eigenvalue weighted by atomic mass is 16.5. The van der Waals surface area contributed by atoms with Crippen LogP contribution in [0.1, 0.15) is 13.8 Å². The van der Waals surface area contributed by atoms with Gasteiger partial charge in [0.2, 0.25) is 5.91 Å². The lowest BCUT2D eigenvalue weighted by Gasteiger charge is -2.34. The molecule has 2 aromatic carbocycles. The third kappa shape index (κ3) is 3.64. The SMILES string of the molecule is C[C@@H]1CN(CC(=O)Nc2ccc3ccccc3c2)C[C@@H](C)O1. The van der Waals surface area contributed by atoms with Crippen LogP contribution in [0.2, 0.25) is 0 Å². The Morgan fingerprint density at radius 2 is 1.82 bits per heavy atom. The van der Waals surface area contributed by atoms with Crippen LogP contribution in [-0.4, -0.2) is 42.6 Å². The van der Waals surface area contributed by atoms with E-state index in [1.807, 2.05) is 44.2 Å². The maximum Gasteiger partial charge on any atom is 0.238 e. The van der Waals surface area contributed by atoms with Gasteiger partial charge in [-0.05, 0) is 36.8 Å². The topological polar surface area (TPSA) is 41.6 Å². The van der Waals surface area contributed by atoms with Crippen molar-refractivity contribution >= 4 is 22.4 Å². The number of amides is 1. The molecule has 0 aromatic heterocycles. The van der Waals surface area contributed by atoms with Crippen LogP contribution < -0.4 is 5.32 Å². The number of carbonyl (C=O) groups is 1. The number of ether oxygens (including phenoxy) is 1. The fourth-order valence-corrected chi connectivity index (χ4v) is 3.08. The van der Waals surface area contributed by atoms with E-state index in [2.05, 4.69) is 22.3 Å². The molecule has 22 heavy (non-hydrogen) atoms. The van der Waals surface area contributed by atoms with Crippen molar-refractivity contribution in [3.8, 4) is 0 Å². The van der Waals surface area contributed by atoms with Gasteiger partial charge in [-0.3, -0.25) is 9.69 Å². The molecule has 4 nitrogen and oxygen atoms in total. The van der Waals surface area contributed by atoms with Crippen LogP contribution >= 0.6 is 0 Å². The van der Waals surface area contributed by atoms with E-state index in [-0.39, 0.29) is 18.1 Å². The molecule has 2 aromatic rings. The maximum absolute atomic E-state index is 12.2. The van der Waals surface area contributed by atoms with E-state index in [4.69, 9.17) is 4.74 Å². The Morgan fingerprint density at radius 3 is 2.55 bits per heavy atom. The van der Waals surface area contributed by atoms with E-state index >= 15 is 0 Å². The van der Waals surface area contributed by atoms with Crippen molar-refractivity contribution in [3.05, 3.63) is 42.5 Å². The second-order valence-corrected chi connectivity index (χ2v) is 6.06. The molecule has 0 saturated carbocycles. The van der Waals surface area contributed by atoms with E-state index in [1.165, 1.54) is 5.39 Å². The first kappa shape index (κ1) is 15.0. The molecular weight excluding hydrogens is 276 g/mol. The van der Waals surface area contributed by atoms with Gasteiger partial charge < -0.3 is 10.1 Å². The first-order valence-corrected chi connectivity index (χ1v) is 7.76. The van der Waals surface area contributed by atoms with E-state index in [9.17, 15) is 4.79 Å². The Kier molecular flexibility index (Phi) is 4.41. The largest absolute Gasteiger partial charge is 0.373 e. The number of benzene rings is 2. The number of morpholine rings is 1.